The molecule has 0 N–H and O–H groups in total. The Morgan fingerprint density at radius 2 is 0.500 bits per heavy atom. The van der Waals surface area contributed by atoms with Gasteiger partial charge in [-0.2, -0.15) is 0 Å². The summed E-state index contributed by atoms with van der Waals surface area (Å²) < 4.78 is 5.67. The van der Waals surface area contributed by atoms with Crippen LogP contribution in [-0.2, 0) is 4.74 Å². The van der Waals surface area contributed by atoms with Crippen molar-refractivity contribution in [1.29, 1.82) is 0 Å². The lowest BCUT2D eigenvalue weighted by molar-refractivity contribution is 0.126. The van der Waals surface area contributed by atoms with Gasteiger partial charge < -0.3 is 4.74 Å². The normalized spacial score (nSPS) is 11.4. The summed E-state index contributed by atoms with van der Waals surface area (Å²) >= 11 is 0. The van der Waals surface area contributed by atoms with E-state index >= 15 is 0 Å². The monoisotopic (exact) mass is 396 g/mol. The summed E-state index contributed by atoms with van der Waals surface area (Å²) in [5.74, 6) is 0. The van der Waals surface area contributed by atoms with Crippen molar-refractivity contribution in [2.24, 2.45) is 0 Å². The van der Waals surface area contributed by atoms with Crippen molar-refractivity contribution in [3.8, 4) is 0 Å². The molecule has 1 nitrogen and oxygen atoms in total. The van der Waals surface area contributed by atoms with Gasteiger partial charge in [0, 0.05) is 13.2 Å². The first kappa shape index (κ1) is 28.0. The second-order valence-corrected chi connectivity index (χ2v) is 9.04. The molecule has 0 unspecified atom stereocenters. The zero-order chi connectivity index (χ0) is 20.4. The molecule has 0 aliphatic carbocycles. The highest BCUT2D eigenvalue weighted by Gasteiger charge is 1.96. The van der Waals surface area contributed by atoms with Crippen molar-refractivity contribution in [2.45, 2.75) is 162 Å². The maximum atomic E-state index is 5.67. The fraction of sp³-hybridized carbons (Fsp3) is 1.00. The Labute approximate surface area is 179 Å². The van der Waals surface area contributed by atoms with Gasteiger partial charge in [-0.3, -0.25) is 0 Å². The van der Waals surface area contributed by atoms with Gasteiger partial charge in [-0.05, 0) is 12.8 Å². The van der Waals surface area contributed by atoms with Crippen LogP contribution in [0.4, 0.5) is 0 Å². The Morgan fingerprint density at radius 1 is 0.286 bits per heavy atom. The smallest absolute Gasteiger partial charge is 0.0466 e. The molecule has 0 aliphatic heterocycles. The van der Waals surface area contributed by atoms with Crippen LogP contribution >= 0.6 is 0 Å². The molecular weight excluding hydrogens is 340 g/mol. The van der Waals surface area contributed by atoms with Gasteiger partial charge in [0.1, 0.15) is 0 Å². The lowest BCUT2D eigenvalue weighted by Crippen LogP contribution is -1.96. The first-order valence-electron chi connectivity index (χ1n) is 13.5. The molecule has 0 aromatic carbocycles. The lowest BCUT2D eigenvalue weighted by Gasteiger charge is -2.05. The van der Waals surface area contributed by atoms with Gasteiger partial charge in [-0.15, -0.1) is 0 Å². The van der Waals surface area contributed by atoms with Crippen LogP contribution in [0.5, 0.6) is 0 Å². The van der Waals surface area contributed by atoms with E-state index in [0.29, 0.717) is 0 Å². The molecule has 0 bridgehead atoms. The summed E-state index contributed by atoms with van der Waals surface area (Å²) in [6, 6.07) is 0. The van der Waals surface area contributed by atoms with E-state index in [1.165, 1.54) is 148 Å². The number of rotatable bonds is 25. The summed E-state index contributed by atoms with van der Waals surface area (Å²) in [5.41, 5.74) is 0. The predicted octanol–water partition coefficient (Wildman–Crippen LogP) is 10.0. The van der Waals surface area contributed by atoms with Crippen LogP contribution < -0.4 is 0 Å². The van der Waals surface area contributed by atoms with Crippen molar-refractivity contribution in [3.63, 3.8) is 0 Å². The third kappa shape index (κ3) is 26.0. The van der Waals surface area contributed by atoms with Crippen molar-refractivity contribution in [3.05, 3.63) is 0 Å². The van der Waals surface area contributed by atoms with Gasteiger partial charge in [0.2, 0.25) is 0 Å². The number of ether oxygens (including phenoxy) is 1. The quantitative estimate of drug-likeness (QED) is 0.139. The highest BCUT2D eigenvalue weighted by Crippen LogP contribution is 2.14. The second kappa shape index (κ2) is 27.0. The number of hydrogen-bond donors (Lipinski definition) is 0. The molecule has 0 amide bonds. The van der Waals surface area contributed by atoms with Crippen molar-refractivity contribution < 1.29 is 4.74 Å². The molecule has 0 aromatic heterocycles. The van der Waals surface area contributed by atoms with E-state index in [2.05, 4.69) is 13.8 Å². The SMILES string of the molecule is CCCCCCCCCCCCCCCCCCCCCCOCCCCC. The predicted molar refractivity (Wildman–Crippen MR) is 128 cm³/mol. The zero-order valence-corrected chi connectivity index (χ0v) is 20.1. The van der Waals surface area contributed by atoms with E-state index in [9.17, 15) is 0 Å². The molecule has 0 saturated heterocycles. The zero-order valence-electron chi connectivity index (χ0n) is 20.1. The van der Waals surface area contributed by atoms with E-state index in [1.54, 1.807) is 0 Å². The Bertz CT molecular complexity index is 225. The van der Waals surface area contributed by atoms with Crippen molar-refractivity contribution in [1.82, 2.24) is 0 Å². The molecule has 0 atom stereocenters. The molecule has 170 valence electrons. The molecule has 0 rings (SSSR count). The molecule has 0 fully saturated rings. The first-order valence-corrected chi connectivity index (χ1v) is 13.5. The molecule has 0 heterocycles. The van der Waals surface area contributed by atoms with E-state index in [-0.39, 0.29) is 0 Å². The molecule has 28 heavy (non-hydrogen) atoms. The van der Waals surface area contributed by atoms with Crippen LogP contribution in [0, 0.1) is 0 Å². The second-order valence-electron chi connectivity index (χ2n) is 9.04. The highest BCUT2D eigenvalue weighted by atomic mass is 16.5. The molecule has 0 aromatic rings. The molecule has 0 saturated carbocycles. The summed E-state index contributed by atoms with van der Waals surface area (Å²) in [7, 11) is 0. The summed E-state index contributed by atoms with van der Waals surface area (Å²) in [5, 5.41) is 0. The van der Waals surface area contributed by atoms with Gasteiger partial charge >= 0.3 is 0 Å². The van der Waals surface area contributed by atoms with Gasteiger partial charge in [0.05, 0.1) is 0 Å². The first-order chi connectivity index (χ1) is 13.9. The highest BCUT2D eigenvalue weighted by molar-refractivity contribution is 4.51. The number of hydrogen-bond acceptors (Lipinski definition) is 1. The third-order valence-electron chi connectivity index (χ3n) is 6.03. The van der Waals surface area contributed by atoms with E-state index in [1.807, 2.05) is 0 Å². The third-order valence-corrected chi connectivity index (χ3v) is 6.03. The van der Waals surface area contributed by atoms with Crippen LogP contribution in [0.2, 0.25) is 0 Å². The van der Waals surface area contributed by atoms with Crippen LogP contribution in [-0.4, -0.2) is 13.2 Å². The number of unbranched alkanes of at least 4 members (excludes halogenated alkanes) is 21. The average Bonchev–Trinajstić information content (AvgIpc) is 2.71. The minimum absolute atomic E-state index is 0.979. The fourth-order valence-corrected chi connectivity index (χ4v) is 4.02. The Balaban J connectivity index is 2.96. The summed E-state index contributed by atoms with van der Waals surface area (Å²) in [6.45, 7) is 6.52. The van der Waals surface area contributed by atoms with Gasteiger partial charge in [0.25, 0.3) is 0 Å². The summed E-state index contributed by atoms with van der Waals surface area (Å²) in [6.07, 6.45) is 32.8. The van der Waals surface area contributed by atoms with Crippen molar-refractivity contribution in [2.75, 3.05) is 13.2 Å². The maximum absolute atomic E-state index is 5.67. The van der Waals surface area contributed by atoms with Gasteiger partial charge in [-0.1, -0.05) is 149 Å². The molecule has 1 heteroatoms. The van der Waals surface area contributed by atoms with Crippen molar-refractivity contribution >= 4 is 0 Å². The van der Waals surface area contributed by atoms with E-state index < -0.39 is 0 Å². The van der Waals surface area contributed by atoms with E-state index in [4.69, 9.17) is 4.74 Å². The van der Waals surface area contributed by atoms with Crippen LogP contribution in [0.1, 0.15) is 162 Å². The van der Waals surface area contributed by atoms with E-state index in [0.717, 1.165) is 13.2 Å². The standard InChI is InChI=1S/C27H56O/c1-3-5-7-8-9-10-11-12-13-14-15-16-17-18-19-20-21-22-23-25-27-28-26-24-6-4-2/h3-27H2,1-2H3. The Morgan fingerprint density at radius 3 is 0.821 bits per heavy atom. The fourth-order valence-electron chi connectivity index (χ4n) is 4.02. The van der Waals surface area contributed by atoms with Gasteiger partial charge in [-0.25, -0.2) is 0 Å². The topological polar surface area (TPSA) is 9.23 Å². The molecule has 0 aliphatic rings. The van der Waals surface area contributed by atoms with Crippen LogP contribution in [0.15, 0.2) is 0 Å². The Kier molecular flexibility index (Phi) is 26.9. The van der Waals surface area contributed by atoms with Crippen LogP contribution in [0.3, 0.4) is 0 Å². The minimum Gasteiger partial charge on any atom is -0.381 e. The van der Waals surface area contributed by atoms with Crippen LogP contribution in [0.25, 0.3) is 0 Å². The molecular formula is C27H56O. The minimum atomic E-state index is 0.979. The maximum Gasteiger partial charge on any atom is 0.0466 e. The molecule has 0 spiro atoms. The Hall–Kier alpha value is -0.0400. The molecule has 0 radical (unpaired) electrons. The largest absolute Gasteiger partial charge is 0.381 e. The summed E-state index contributed by atoms with van der Waals surface area (Å²) in [4.78, 5) is 0. The lowest BCUT2D eigenvalue weighted by atomic mass is 10.0. The van der Waals surface area contributed by atoms with Gasteiger partial charge in [0.15, 0.2) is 0 Å². The average molecular weight is 397 g/mol.